The number of thiol groups is 1. The summed E-state index contributed by atoms with van der Waals surface area (Å²) in [7, 11) is 0. The summed E-state index contributed by atoms with van der Waals surface area (Å²) in [4.78, 5) is 44.0. The Kier molecular flexibility index (Phi) is 22.8. The number of aliphatic hydroxyl groups is 1. The maximum Gasteiger partial charge on any atom is 0.321 e. The predicted octanol–water partition coefficient (Wildman–Crippen LogP) is 2.38. The highest BCUT2D eigenvalue weighted by Gasteiger charge is 2.28. The van der Waals surface area contributed by atoms with Crippen LogP contribution in [0.3, 0.4) is 0 Å². The molecule has 0 heterocycles. The van der Waals surface area contributed by atoms with Gasteiger partial charge in [-0.1, -0.05) is 12.8 Å². The van der Waals surface area contributed by atoms with Gasteiger partial charge in [-0.25, -0.2) is 0 Å². The number of carbonyl (C=O) groups is 4. The van der Waals surface area contributed by atoms with Crippen molar-refractivity contribution in [3.05, 3.63) is 23.8 Å². The number of hydrogen-bond acceptors (Lipinski definition) is 10. The first-order valence-corrected chi connectivity index (χ1v) is 14.9. The highest BCUT2D eigenvalue weighted by atomic mass is 32.2. The van der Waals surface area contributed by atoms with E-state index in [0.29, 0.717) is 13.2 Å². The maximum atomic E-state index is 11.2. The van der Waals surface area contributed by atoms with Gasteiger partial charge in [-0.2, -0.15) is 24.4 Å². The first-order valence-electron chi connectivity index (χ1n) is 12.9. The number of carboxylic acid groups (broad SMARTS) is 3. The fourth-order valence-electron chi connectivity index (χ4n) is 3.49. The van der Waals surface area contributed by atoms with Crippen LogP contribution in [0.5, 0.6) is 0 Å². The van der Waals surface area contributed by atoms with Crippen molar-refractivity contribution in [3.8, 4) is 0 Å². The third-order valence-electron chi connectivity index (χ3n) is 5.45. The first kappa shape index (κ1) is 37.1. The van der Waals surface area contributed by atoms with E-state index in [-0.39, 0.29) is 11.5 Å². The van der Waals surface area contributed by atoms with E-state index in [4.69, 9.17) is 24.8 Å². The second kappa shape index (κ2) is 23.9. The molecule has 0 fully saturated rings. The van der Waals surface area contributed by atoms with Crippen LogP contribution >= 0.6 is 24.4 Å². The molecule has 1 rings (SSSR count). The first-order chi connectivity index (χ1) is 18.6. The van der Waals surface area contributed by atoms with E-state index in [1.54, 1.807) is 18.4 Å². The van der Waals surface area contributed by atoms with Crippen LogP contribution in [0.4, 0.5) is 0 Å². The summed E-state index contributed by atoms with van der Waals surface area (Å²) in [6, 6.07) is -1.11. The molecule has 1 aliphatic rings. The van der Waals surface area contributed by atoms with E-state index in [2.05, 4.69) is 12.6 Å². The van der Waals surface area contributed by atoms with E-state index >= 15 is 0 Å². The predicted molar refractivity (Wildman–Crippen MR) is 153 cm³/mol. The van der Waals surface area contributed by atoms with Crippen LogP contribution < -0.4 is 0 Å². The molecular formula is C26H43NO10S2. The normalized spacial score (nSPS) is 15.4. The standard InChI is InChI=1S/C18H30O4S.C8H13NO6S/c19-17-8-9-18(20)16(15-17)7-3-1-2-4-10-21-12-13-22-11-5-6-14-23;1-16-4-5(8(14)15)9(2-6(10)11)3-7(12)13/h8-9,15,18,20,23H,1-7,10-14H2;5H,2-4H2,1H3,(H,10,11)(H,12,13)(H,14,15). The highest BCUT2D eigenvalue weighted by molar-refractivity contribution is 7.98. The zero-order valence-corrected chi connectivity index (χ0v) is 24.2. The number of ether oxygens (including phenoxy) is 2. The molecule has 0 aromatic rings. The summed E-state index contributed by atoms with van der Waals surface area (Å²) < 4.78 is 11.0. The summed E-state index contributed by atoms with van der Waals surface area (Å²) in [5.74, 6) is -2.70. The van der Waals surface area contributed by atoms with Gasteiger partial charge in [0.25, 0.3) is 0 Å². The lowest BCUT2D eigenvalue weighted by molar-refractivity contribution is -0.148. The van der Waals surface area contributed by atoms with Gasteiger partial charge in [0, 0.05) is 19.0 Å². The quantitative estimate of drug-likeness (QED) is 0.0918. The summed E-state index contributed by atoms with van der Waals surface area (Å²) in [6.45, 7) is 1.68. The number of hydrogen-bond donors (Lipinski definition) is 5. The SMILES string of the molecule is CSCC(C(=O)O)N(CC(=O)O)CC(=O)O.O=C1C=CC(O)C(CCCCCCOCCOCCCCS)=C1. The second-order valence-corrected chi connectivity index (χ2v) is 10.1. The number of carbonyl (C=O) groups excluding carboxylic acids is 1. The van der Waals surface area contributed by atoms with Gasteiger partial charge < -0.3 is 29.9 Å². The number of aliphatic carboxylic acids is 3. The van der Waals surface area contributed by atoms with Gasteiger partial charge in [0.1, 0.15) is 6.04 Å². The smallest absolute Gasteiger partial charge is 0.321 e. The third-order valence-corrected chi connectivity index (χ3v) is 6.42. The van der Waals surface area contributed by atoms with E-state index in [1.807, 2.05) is 0 Å². The minimum atomic E-state index is -1.26. The molecule has 4 N–H and O–H groups in total. The molecule has 2 unspecified atom stereocenters. The molecule has 0 aromatic carbocycles. The number of thioether (sulfide) groups is 1. The van der Waals surface area contributed by atoms with Crippen LogP contribution in [0.1, 0.15) is 44.9 Å². The van der Waals surface area contributed by atoms with Crippen LogP contribution in [0.2, 0.25) is 0 Å². The Balaban J connectivity index is 0.000000794. The van der Waals surface area contributed by atoms with Crippen LogP contribution in [-0.2, 0) is 28.7 Å². The Morgan fingerprint density at radius 2 is 1.51 bits per heavy atom. The Morgan fingerprint density at radius 1 is 0.949 bits per heavy atom. The Bertz CT molecular complexity index is 775. The number of rotatable bonds is 22. The monoisotopic (exact) mass is 593 g/mol. The van der Waals surface area contributed by atoms with Crippen molar-refractivity contribution < 1.29 is 49.1 Å². The van der Waals surface area contributed by atoms with Crippen molar-refractivity contribution in [3.63, 3.8) is 0 Å². The Hall–Kier alpha value is -1.90. The largest absolute Gasteiger partial charge is 0.480 e. The Morgan fingerprint density at radius 3 is 2.03 bits per heavy atom. The van der Waals surface area contributed by atoms with E-state index in [1.165, 1.54) is 17.8 Å². The van der Waals surface area contributed by atoms with E-state index < -0.39 is 43.1 Å². The zero-order chi connectivity index (χ0) is 29.5. The van der Waals surface area contributed by atoms with Gasteiger partial charge in [0.15, 0.2) is 5.78 Å². The molecule has 11 nitrogen and oxygen atoms in total. The number of ketones is 1. The number of carboxylic acids is 3. The summed E-state index contributed by atoms with van der Waals surface area (Å²) in [5.41, 5.74) is 0.837. The number of unbranched alkanes of at least 4 members (excludes halogenated alkanes) is 4. The maximum absolute atomic E-state index is 11.2. The van der Waals surface area contributed by atoms with Crippen molar-refractivity contribution in [1.82, 2.24) is 4.90 Å². The van der Waals surface area contributed by atoms with Crippen molar-refractivity contribution in [1.29, 1.82) is 0 Å². The summed E-state index contributed by atoms with van der Waals surface area (Å²) >= 11 is 5.36. The fourth-order valence-corrected chi connectivity index (χ4v) is 4.38. The minimum Gasteiger partial charge on any atom is -0.480 e. The van der Waals surface area contributed by atoms with Gasteiger partial charge in [0.2, 0.25) is 0 Å². The van der Waals surface area contributed by atoms with Crippen LogP contribution in [0.25, 0.3) is 0 Å². The number of allylic oxidation sites excluding steroid dienone is 2. The molecule has 2 atom stereocenters. The van der Waals surface area contributed by atoms with Crippen LogP contribution in [0, 0.1) is 0 Å². The molecule has 0 radical (unpaired) electrons. The summed E-state index contributed by atoms with van der Waals surface area (Å²) in [6.07, 6.45) is 12.8. The van der Waals surface area contributed by atoms with Crippen molar-refractivity contribution in [2.45, 2.75) is 57.1 Å². The van der Waals surface area contributed by atoms with Crippen LogP contribution in [-0.4, -0.2) is 118 Å². The molecule has 0 aromatic heterocycles. The minimum absolute atomic E-state index is 0.0217. The molecule has 13 heteroatoms. The second-order valence-electron chi connectivity index (χ2n) is 8.75. The molecule has 1 aliphatic carbocycles. The molecule has 224 valence electrons. The average Bonchev–Trinajstić information content (AvgIpc) is 2.86. The molecule has 0 bridgehead atoms. The van der Waals surface area contributed by atoms with Gasteiger partial charge in [-0.15, -0.1) is 0 Å². The number of nitrogens with zero attached hydrogens (tertiary/aromatic N) is 1. The highest BCUT2D eigenvalue weighted by Crippen LogP contribution is 2.18. The van der Waals surface area contributed by atoms with Gasteiger partial charge >= 0.3 is 17.9 Å². The average molecular weight is 594 g/mol. The number of aliphatic hydroxyl groups excluding tert-OH is 1. The molecular weight excluding hydrogens is 550 g/mol. The lowest BCUT2D eigenvalue weighted by Crippen LogP contribution is -2.47. The molecule has 0 aliphatic heterocycles. The van der Waals surface area contributed by atoms with E-state index in [9.17, 15) is 24.3 Å². The molecule has 0 saturated heterocycles. The van der Waals surface area contributed by atoms with Gasteiger partial charge in [0.05, 0.1) is 32.4 Å². The molecule has 39 heavy (non-hydrogen) atoms. The third kappa shape index (κ3) is 20.6. The topological polar surface area (TPSA) is 171 Å². The van der Waals surface area contributed by atoms with E-state index in [0.717, 1.165) is 74.4 Å². The molecule has 0 amide bonds. The van der Waals surface area contributed by atoms with Crippen molar-refractivity contribution in [2.24, 2.45) is 0 Å². The Labute approximate surface area is 240 Å². The van der Waals surface area contributed by atoms with Gasteiger partial charge in [-0.05, 0) is 67.9 Å². The van der Waals surface area contributed by atoms with Crippen molar-refractivity contribution in [2.75, 3.05) is 57.3 Å². The summed E-state index contributed by atoms with van der Waals surface area (Å²) in [5, 5.41) is 35.7. The molecule has 0 saturated carbocycles. The lowest BCUT2D eigenvalue weighted by Gasteiger charge is -2.24. The zero-order valence-electron chi connectivity index (χ0n) is 22.5. The van der Waals surface area contributed by atoms with Crippen LogP contribution in [0.15, 0.2) is 23.8 Å². The van der Waals surface area contributed by atoms with Gasteiger partial charge in [-0.3, -0.25) is 24.1 Å². The molecule has 0 spiro atoms. The fraction of sp³-hybridized carbons (Fsp3) is 0.692. The van der Waals surface area contributed by atoms with Crippen molar-refractivity contribution >= 4 is 48.1 Å². The lowest BCUT2D eigenvalue weighted by atomic mass is 9.96.